The van der Waals surface area contributed by atoms with E-state index in [-0.39, 0.29) is 0 Å². The fourth-order valence-electron chi connectivity index (χ4n) is 2.17. The molecule has 1 heterocycles. The molecule has 0 spiro atoms. The van der Waals surface area contributed by atoms with E-state index in [1.807, 2.05) is 0 Å². The van der Waals surface area contributed by atoms with Crippen molar-refractivity contribution in [2.45, 2.75) is 13.8 Å². The van der Waals surface area contributed by atoms with Gasteiger partial charge in [0, 0.05) is 13.1 Å². The van der Waals surface area contributed by atoms with Crippen LogP contribution in [0, 0.1) is 17.8 Å². The Kier molecular flexibility index (Phi) is 1.10. The highest BCUT2D eigenvalue weighted by molar-refractivity contribution is 5.02. The van der Waals surface area contributed by atoms with Gasteiger partial charge in [-0.2, -0.15) is 0 Å². The Balaban J connectivity index is 1.89. The van der Waals surface area contributed by atoms with Crippen LogP contribution >= 0.6 is 0 Å². The van der Waals surface area contributed by atoms with E-state index in [1.165, 1.54) is 19.6 Å². The lowest BCUT2D eigenvalue weighted by atomic mass is 10.3. The second kappa shape index (κ2) is 1.72. The molecule has 0 N–H and O–H groups in total. The molecule has 3 atom stereocenters. The third-order valence-electron chi connectivity index (χ3n) is 3.15. The van der Waals surface area contributed by atoms with Crippen LogP contribution in [0.2, 0.25) is 0 Å². The Morgan fingerprint density at radius 1 is 1.33 bits per heavy atom. The van der Waals surface area contributed by atoms with Crippen LogP contribution in [0.5, 0.6) is 0 Å². The van der Waals surface area contributed by atoms with Crippen molar-refractivity contribution in [3.63, 3.8) is 0 Å². The topological polar surface area (TPSA) is 3.24 Å². The summed E-state index contributed by atoms with van der Waals surface area (Å²) >= 11 is 0. The van der Waals surface area contributed by atoms with Crippen molar-refractivity contribution in [2.75, 3.05) is 19.6 Å². The quantitative estimate of drug-likeness (QED) is 0.509. The number of fused-ring (bicyclic) bond motifs is 1. The van der Waals surface area contributed by atoms with Gasteiger partial charge in [0.2, 0.25) is 0 Å². The molecule has 2 aliphatic rings. The largest absolute Gasteiger partial charge is 0.303 e. The summed E-state index contributed by atoms with van der Waals surface area (Å²) < 4.78 is 0. The molecule has 0 aromatic heterocycles. The summed E-state index contributed by atoms with van der Waals surface area (Å²) in [5, 5.41) is 0. The molecule has 52 valence electrons. The van der Waals surface area contributed by atoms with Gasteiger partial charge in [-0.3, -0.25) is 0 Å². The minimum Gasteiger partial charge on any atom is -0.303 e. The number of piperidine rings is 1. The summed E-state index contributed by atoms with van der Waals surface area (Å²) in [7, 11) is 0. The Labute approximate surface area is 57.0 Å². The molecular weight excluding hydrogens is 110 g/mol. The van der Waals surface area contributed by atoms with Gasteiger partial charge in [-0.1, -0.05) is 13.8 Å². The number of hydrogen-bond acceptors (Lipinski definition) is 1. The lowest BCUT2D eigenvalue weighted by molar-refractivity contribution is 0.304. The molecule has 0 bridgehead atoms. The smallest absolute Gasteiger partial charge is 0.00156 e. The highest BCUT2D eigenvalue weighted by Gasteiger charge is 2.51. The Morgan fingerprint density at radius 2 is 1.89 bits per heavy atom. The summed E-state index contributed by atoms with van der Waals surface area (Å²) in [5.41, 5.74) is 0. The molecule has 1 heteroatoms. The molecule has 1 saturated heterocycles. The van der Waals surface area contributed by atoms with E-state index in [4.69, 9.17) is 0 Å². The molecule has 2 rings (SSSR count). The van der Waals surface area contributed by atoms with Crippen molar-refractivity contribution in [3.05, 3.63) is 0 Å². The van der Waals surface area contributed by atoms with Crippen molar-refractivity contribution in [1.82, 2.24) is 4.90 Å². The first-order valence-corrected chi connectivity index (χ1v) is 4.05. The normalized spacial score (nSPS) is 49.3. The lowest BCUT2D eigenvalue weighted by Gasteiger charge is -2.14. The van der Waals surface area contributed by atoms with Gasteiger partial charge in [-0.05, 0) is 24.3 Å². The zero-order chi connectivity index (χ0) is 6.43. The Bertz CT molecular complexity index is 110. The number of rotatable bonds is 1. The van der Waals surface area contributed by atoms with Crippen LogP contribution in [0.3, 0.4) is 0 Å². The standard InChI is InChI=1S/C8H15N/c1-3-9-4-7-6(2)8(7)5-9/h6-8H,3-5H2,1-2H3/t6?,7-,8?/m1/s1. The van der Waals surface area contributed by atoms with Crippen molar-refractivity contribution in [2.24, 2.45) is 17.8 Å². The first-order valence-electron chi connectivity index (χ1n) is 4.05. The van der Waals surface area contributed by atoms with Crippen LogP contribution in [0.25, 0.3) is 0 Å². The average molecular weight is 125 g/mol. The van der Waals surface area contributed by atoms with Crippen LogP contribution < -0.4 is 0 Å². The van der Waals surface area contributed by atoms with Gasteiger partial charge in [0.05, 0.1) is 0 Å². The zero-order valence-corrected chi connectivity index (χ0v) is 6.30. The van der Waals surface area contributed by atoms with Gasteiger partial charge in [0.25, 0.3) is 0 Å². The SMILES string of the molecule is CCN1CC2C(C)[C@H]2C1. The van der Waals surface area contributed by atoms with Crippen molar-refractivity contribution >= 4 is 0 Å². The fourth-order valence-corrected chi connectivity index (χ4v) is 2.17. The number of likely N-dealkylation sites (tertiary alicyclic amines) is 1. The van der Waals surface area contributed by atoms with Crippen molar-refractivity contribution in [1.29, 1.82) is 0 Å². The molecular formula is C8H15N. The lowest BCUT2D eigenvalue weighted by Crippen LogP contribution is -2.23. The monoisotopic (exact) mass is 125 g/mol. The van der Waals surface area contributed by atoms with Gasteiger partial charge >= 0.3 is 0 Å². The highest BCUT2D eigenvalue weighted by atomic mass is 15.2. The van der Waals surface area contributed by atoms with E-state index in [0.29, 0.717) is 0 Å². The molecule has 0 radical (unpaired) electrons. The predicted octanol–water partition coefficient (Wildman–Crippen LogP) is 1.20. The van der Waals surface area contributed by atoms with Crippen LogP contribution in [0.15, 0.2) is 0 Å². The van der Waals surface area contributed by atoms with Crippen LogP contribution in [-0.4, -0.2) is 24.5 Å². The summed E-state index contributed by atoms with van der Waals surface area (Å²) in [6.07, 6.45) is 0. The molecule has 0 amide bonds. The van der Waals surface area contributed by atoms with Gasteiger partial charge in [0.15, 0.2) is 0 Å². The molecule has 2 unspecified atom stereocenters. The maximum absolute atomic E-state index is 2.56. The van der Waals surface area contributed by atoms with E-state index < -0.39 is 0 Å². The van der Waals surface area contributed by atoms with E-state index in [0.717, 1.165) is 17.8 Å². The number of nitrogens with zero attached hydrogens (tertiary/aromatic N) is 1. The van der Waals surface area contributed by atoms with Gasteiger partial charge in [-0.25, -0.2) is 0 Å². The van der Waals surface area contributed by atoms with Crippen LogP contribution in [0.4, 0.5) is 0 Å². The minimum absolute atomic E-state index is 1.06. The third kappa shape index (κ3) is 0.710. The van der Waals surface area contributed by atoms with E-state index >= 15 is 0 Å². The first kappa shape index (κ1) is 5.72. The van der Waals surface area contributed by atoms with Gasteiger partial charge in [0.1, 0.15) is 0 Å². The summed E-state index contributed by atoms with van der Waals surface area (Å²) in [6.45, 7) is 8.70. The molecule has 9 heavy (non-hydrogen) atoms. The van der Waals surface area contributed by atoms with E-state index in [2.05, 4.69) is 18.7 Å². The second-order valence-corrected chi connectivity index (χ2v) is 3.54. The number of hydrogen-bond donors (Lipinski definition) is 0. The van der Waals surface area contributed by atoms with Crippen molar-refractivity contribution in [3.8, 4) is 0 Å². The first-order chi connectivity index (χ1) is 4.33. The maximum Gasteiger partial charge on any atom is 0.00156 e. The zero-order valence-electron chi connectivity index (χ0n) is 6.30. The Morgan fingerprint density at radius 3 is 2.33 bits per heavy atom. The molecule has 1 nitrogen and oxygen atoms in total. The summed E-state index contributed by atoms with van der Waals surface area (Å²) in [4.78, 5) is 2.56. The Hall–Kier alpha value is -0.0400. The highest BCUT2D eigenvalue weighted by Crippen LogP contribution is 2.50. The van der Waals surface area contributed by atoms with E-state index in [9.17, 15) is 0 Å². The van der Waals surface area contributed by atoms with E-state index in [1.54, 1.807) is 0 Å². The molecule has 0 aromatic rings. The second-order valence-electron chi connectivity index (χ2n) is 3.54. The molecule has 0 aromatic carbocycles. The fraction of sp³-hybridized carbons (Fsp3) is 1.00. The maximum atomic E-state index is 2.56. The average Bonchev–Trinajstić information content (AvgIpc) is 2.32. The van der Waals surface area contributed by atoms with Gasteiger partial charge in [-0.15, -0.1) is 0 Å². The molecule has 1 saturated carbocycles. The minimum atomic E-state index is 1.06. The summed E-state index contributed by atoms with van der Waals surface area (Å²) in [5.74, 6) is 3.24. The van der Waals surface area contributed by atoms with Crippen LogP contribution in [-0.2, 0) is 0 Å². The molecule has 2 fully saturated rings. The van der Waals surface area contributed by atoms with Gasteiger partial charge < -0.3 is 4.90 Å². The molecule has 1 aliphatic heterocycles. The molecule has 1 aliphatic carbocycles. The predicted molar refractivity (Wildman–Crippen MR) is 38.3 cm³/mol. The van der Waals surface area contributed by atoms with Crippen molar-refractivity contribution < 1.29 is 0 Å². The third-order valence-corrected chi connectivity index (χ3v) is 3.15. The van der Waals surface area contributed by atoms with Crippen LogP contribution in [0.1, 0.15) is 13.8 Å². The summed E-state index contributed by atoms with van der Waals surface area (Å²) in [6, 6.07) is 0.